The molecule has 33 heavy (non-hydrogen) atoms. The van der Waals surface area contributed by atoms with Crippen molar-refractivity contribution in [2.75, 3.05) is 7.11 Å². The first-order chi connectivity index (χ1) is 15.8. The normalized spacial score (nSPS) is 24.8. The molecule has 0 radical (unpaired) electrons. The Morgan fingerprint density at radius 2 is 2.00 bits per heavy atom. The zero-order valence-corrected chi connectivity index (χ0v) is 18.1. The number of halogens is 2. The van der Waals surface area contributed by atoms with E-state index < -0.39 is 24.2 Å². The molecule has 5 atom stereocenters. The van der Waals surface area contributed by atoms with Crippen LogP contribution in [0, 0.1) is 5.92 Å². The molecular weight excluding hydrogens is 434 g/mol. The van der Waals surface area contributed by atoms with E-state index in [1.807, 2.05) is 18.2 Å². The van der Waals surface area contributed by atoms with Crippen LogP contribution >= 0.6 is 0 Å². The fraction of sp³-hybridized carbons (Fsp3) is 0.400. The number of aliphatic hydroxyl groups is 2. The molecule has 4 rings (SSSR count). The summed E-state index contributed by atoms with van der Waals surface area (Å²) in [5, 5.41) is 20.6. The maximum atomic E-state index is 14.4. The van der Waals surface area contributed by atoms with Gasteiger partial charge in [0, 0.05) is 30.2 Å². The third kappa shape index (κ3) is 4.86. The maximum Gasteiger partial charge on any atom is 0.428 e. The minimum atomic E-state index is -3.84. The third-order valence-corrected chi connectivity index (χ3v) is 6.17. The number of hydrogen-bond acceptors (Lipinski definition) is 6. The second-order valence-electron chi connectivity index (χ2n) is 8.28. The molecule has 2 aliphatic rings. The van der Waals surface area contributed by atoms with Gasteiger partial charge in [-0.25, -0.2) is 0 Å². The summed E-state index contributed by atoms with van der Waals surface area (Å²) in [6.45, 7) is 0. The molecular formula is C25H26F2O6. The second kappa shape index (κ2) is 9.49. The van der Waals surface area contributed by atoms with Gasteiger partial charge in [-0.2, -0.15) is 8.78 Å². The van der Waals surface area contributed by atoms with E-state index in [9.17, 15) is 23.8 Å². The minimum absolute atomic E-state index is 0.0616. The van der Waals surface area contributed by atoms with Gasteiger partial charge in [0.15, 0.2) is 6.10 Å². The average Bonchev–Trinajstić information content (AvgIpc) is 3.31. The quantitative estimate of drug-likeness (QED) is 0.463. The van der Waals surface area contributed by atoms with Crippen molar-refractivity contribution >= 4 is 5.97 Å². The lowest BCUT2D eigenvalue weighted by atomic mass is 9.86. The van der Waals surface area contributed by atoms with Crippen molar-refractivity contribution in [3.8, 4) is 11.5 Å². The molecule has 1 aliphatic heterocycles. The summed E-state index contributed by atoms with van der Waals surface area (Å²) in [6.07, 6.45) is -3.79. The van der Waals surface area contributed by atoms with E-state index >= 15 is 0 Å². The van der Waals surface area contributed by atoms with Crippen LogP contribution < -0.4 is 9.47 Å². The highest BCUT2D eigenvalue weighted by molar-refractivity contribution is 5.69. The molecule has 2 aromatic rings. The molecule has 2 N–H and O–H groups in total. The predicted molar refractivity (Wildman–Crippen MR) is 115 cm³/mol. The van der Waals surface area contributed by atoms with Crippen LogP contribution in [0.1, 0.15) is 29.9 Å². The molecule has 1 saturated carbocycles. The fourth-order valence-corrected chi connectivity index (χ4v) is 4.56. The zero-order valence-electron chi connectivity index (χ0n) is 18.1. The molecule has 176 valence electrons. The van der Waals surface area contributed by atoms with E-state index in [1.165, 1.54) is 25.3 Å². The summed E-state index contributed by atoms with van der Waals surface area (Å²) < 4.78 is 44.2. The minimum Gasteiger partial charge on any atom is -0.489 e. The highest BCUT2D eigenvalue weighted by Crippen LogP contribution is 2.52. The maximum absolute atomic E-state index is 14.4. The van der Waals surface area contributed by atoms with Crippen molar-refractivity contribution in [3.63, 3.8) is 0 Å². The van der Waals surface area contributed by atoms with Crippen LogP contribution in [0.5, 0.6) is 11.5 Å². The molecule has 0 saturated heterocycles. The van der Waals surface area contributed by atoms with Crippen molar-refractivity contribution in [1.29, 1.82) is 0 Å². The number of benzene rings is 2. The molecule has 8 heteroatoms. The Hall–Kier alpha value is -2.97. The van der Waals surface area contributed by atoms with Gasteiger partial charge < -0.3 is 24.4 Å². The number of aryl methyl sites for hydroxylation is 1. The van der Waals surface area contributed by atoms with Gasteiger partial charge in [-0.3, -0.25) is 4.79 Å². The monoisotopic (exact) mass is 460 g/mol. The standard InChI is InChI=1S/C25H26F2O6/c1-31-22(30)13-10-15-6-5-9-18-23-17(19(28)14-20(23)32-24(15)18)11-12-21(29)25(26,27)33-16-7-3-2-4-8-16/h2-9,11-12,17,19-21,23,28-29H,10,13-14H2,1H3/b12-11+/t17-,19+,20-,21+,23-/m0/s1. The number of carbonyl (C=O) groups excluding carboxylic acids is 1. The summed E-state index contributed by atoms with van der Waals surface area (Å²) in [6, 6.07) is 13.1. The Kier molecular flexibility index (Phi) is 6.67. The third-order valence-electron chi connectivity index (χ3n) is 6.17. The summed E-state index contributed by atoms with van der Waals surface area (Å²) >= 11 is 0. The number of hydrogen-bond donors (Lipinski definition) is 2. The Morgan fingerprint density at radius 1 is 1.24 bits per heavy atom. The molecule has 1 aliphatic carbocycles. The number of rotatable bonds is 8. The van der Waals surface area contributed by atoms with Crippen molar-refractivity contribution in [2.24, 2.45) is 5.92 Å². The number of carbonyl (C=O) groups is 1. The number of alkyl halides is 2. The molecule has 1 fully saturated rings. The largest absolute Gasteiger partial charge is 0.489 e. The predicted octanol–water partition coefficient (Wildman–Crippen LogP) is 3.61. The van der Waals surface area contributed by atoms with E-state index in [4.69, 9.17) is 9.47 Å². The smallest absolute Gasteiger partial charge is 0.428 e. The number of methoxy groups -OCH3 is 1. The van der Waals surface area contributed by atoms with E-state index in [0.717, 1.165) is 17.2 Å². The van der Waals surface area contributed by atoms with Gasteiger partial charge in [0.05, 0.1) is 13.2 Å². The van der Waals surface area contributed by atoms with Crippen LogP contribution in [-0.4, -0.2) is 47.7 Å². The SMILES string of the molecule is COC(=O)CCc1cccc2c1O[C@H]1C[C@@H](O)[C@H](/C=C/[C@@H](O)C(F)(F)Oc3ccccc3)[C@@H]21. The van der Waals surface area contributed by atoms with Gasteiger partial charge in [0.25, 0.3) is 0 Å². The number of aliphatic hydroxyl groups excluding tert-OH is 2. The molecule has 0 amide bonds. The lowest BCUT2D eigenvalue weighted by molar-refractivity contribution is -0.225. The number of para-hydroxylation sites is 2. The molecule has 0 aromatic heterocycles. The van der Waals surface area contributed by atoms with E-state index in [1.54, 1.807) is 18.2 Å². The first-order valence-corrected chi connectivity index (χ1v) is 10.8. The van der Waals surface area contributed by atoms with E-state index in [2.05, 4.69) is 4.74 Å². The van der Waals surface area contributed by atoms with Crippen molar-refractivity contribution < 1.29 is 38.0 Å². The molecule has 2 aromatic carbocycles. The lowest BCUT2D eigenvalue weighted by Crippen LogP contribution is -2.38. The van der Waals surface area contributed by atoms with Crippen LogP contribution in [0.4, 0.5) is 8.78 Å². The second-order valence-corrected chi connectivity index (χ2v) is 8.28. The van der Waals surface area contributed by atoms with Crippen molar-refractivity contribution in [3.05, 3.63) is 71.8 Å². The summed E-state index contributed by atoms with van der Waals surface area (Å²) in [4.78, 5) is 11.5. The van der Waals surface area contributed by atoms with Gasteiger partial charge in [-0.05, 0) is 30.2 Å². The topological polar surface area (TPSA) is 85.2 Å². The summed E-state index contributed by atoms with van der Waals surface area (Å²) in [5.74, 6) is -0.488. The molecule has 1 heterocycles. The number of esters is 1. The Morgan fingerprint density at radius 3 is 2.73 bits per heavy atom. The average molecular weight is 460 g/mol. The van der Waals surface area contributed by atoms with Gasteiger partial charge in [0.1, 0.15) is 17.6 Å². The number of fused-ring (bicyclic) bond motifs is 3. The number of ether oxygens (including phenoxy) is 3. The van der Waals surface area contributed by atoms with Crippen LogP contribution in [-0.2, 0) is 16.0 Å². The summed E-state index contributed by atoms with van der Waals surface area (Å²) in [5.41, 5.74) is 1.71. The van der Waals surface area contributed by atoms with E-state index in [0.29, 0.717) is 18.6 Å². The zero-order chi connectivity index (χ0) is 23.6. The van der Waals surface area contributed by atoms with Crippen molar-refractivity contribution in [2.45, 2.75) is 49.6 Å². The Bertz CT molecular complexity index is 1010. The molecule has 0 bridgehead atoms. The molecule has 0 unspecified atom stereocenters. The van der Waals surface area contributed by atoms with Crippen LogP contribution in [0.25, 0.3) is 0 Å². The molecule has 6 nitrogen and oxygen atoms in total. The Balaban J connectivity index is 1.50. The van der Waals surface area contributed by atoms with Gasteiger partial charge >= 0.3 is 12.1 Å². The lowest BCUT2D eigenvalue weighted by Gasteiger charge is -2.22. The van der Waals surface area contributed by atoms with E-state index in [-0.39, 0.29) is 30.2 Å². The van der Waals surface area contributed by atoms with Crippen LogP contribution in [0.15, 0.2) is 60.7 Å². The van der Waals surface area contributed by atoms with Crippen LogP contribution in [0.2, 0.25) is 0 Å². The summed E-state index contributed by atoms with van der Waals surface area (Å²) in [7, 11) is 1.33. The van der Waals surface area contributed by atoms with Crippen molar-refractivity contribution in [1.82, 2.24) is 0 Å². The fourth-order valence-electron chi connectivity index (χ4n) is 4.56. The highest BCUT2D eigenvalue weighted by atomic mass is 19.3. The highest BCUT2D eigenvalue weighted by Gasteiger charge is 2.49. The molecule has 0 spiro atoms. The van der Waals surface area contributed by atoms with Gasteiger partial charge in [0.2, 0.25) is 0 Å². The first-order valence-electron chi connectivity index (χ1n) is 10.8. The van der Waals surface area contributed by atoms with Crippen LogP contribution in [0.3, 0.4) is 0 Å². The Labute approximate surface area is 190 Å². The first kappa shape index (κ1) is 23.2. The van der Waals surface area contributed by atoms with Gasteiger partial charge in [-0.1, -0.05) is 42.5 Å². The van der Waals surface area contributed by atoms with Gasteiger partial charge in [-0.15, -0.1) is 0 Å².